The molecule has 2 aromatic heterocycles. The number of aromatic nitrogens is 3. The molecular weight excluding hydrogens is 462 g/mol. The van der Waals surface area contributed by atoms with Gasteiger partial charge in [-0.2, -0.15) is 0 Å². The van der Waals surface area contributed by atoms with Crippen LogP contribution in [0.4, 0.5) is 11.5 Å². The standard InChI is InChI=1S/C26H25N5O5/c1-35-15-14-30(25(33)19-9-11-20(12-10-19)36-21-8-5-13-28-16-21)22-23(27)31(26(34)29-24(22)32)17-18-6-3-2-4-7-18/h2-13,16H,14-15,17,27H2,1H3,(H,29,32,34). The molecule has 2 heterocycles. The summed E-state index contributed by atoms with van der Waals surface area (Å²) in [4.78, 5) is 46.4. The number of anilines is 2. The Kier molecular flexibility index (Phi) is 7.57. The number of ether oxygens (including phenoxy) is 2. The highest BCUT2D eigenvalue weighted by Gasteiger charge is 2.25. The van der Waals surface area contributed by atoms with Gasteiger partial charge in [-0.3, -0.25) is 29.0 Å². The minimum atomic E-state index is -0.761. The lowest BCUT2D eigenvalue weighted by atomic mass is 10.1. The third kappa shape index (κ3) is 5.50. The lowest BCUT2D eigenvalue weighted by Crippen LogP contribution is -2.42. The summed E-state index contributed by atoms with van der Waals surface area (Å²) in [5, 5.41) is 0. The molecule has 10 nitrogen and oxygen atoms in total. The molecule has 0 saturated heterocycles. The van der Waals surface area contributed by atoms with Crippen LogP contribution < -0.4 is 26.6 Å². The first-order valence-corrected chi connectivity index (χ1v) is 11.1. The fraction of sp³-hybridized carbons (Fsp3) is 0.154. The van der Waals surface area contributed by atoms with E-state index in [2.05, 4.69) is 9.97 Å². The SMILES string of the molecule is COCCN(C(=O)c1ccc(Oc2cccnc2)cc1)c1c(N)n(Cc2ccccc2)c(=O)[nH]c1=O. The molecule has 36 heavy (non-hydrogen) atoms. The summed E-state index contributed by atoms with van der Waals surface area (Å²) < 4.78 is 12.1. The molecule has 0 saturated carbocycles. The molecule has 0 aliphatic carbocycles. The van der Waals surface area contributed by atoms with Gasteiger partial charge < -0.3 is 15.2 Å². The third-order valence-corrected chi connectivity index (χ3v) is 5.40. The summed E-state index contributed by atoms with van der Waals surface area (Å²) in [6, 6.07) is 19.1. The number of amides is 1. The Morgan fingerprint density at radius 1 is 1.03 bits per heavy atom. The molecule has 0 unspecified atom stereocenters. The lowest BCUT2D eigenvalue weighted by molar-refractivity contribution is 0.0975. The zero-order valence-corrected chi connectivity index (χ0v) is 19.6. The number of hydrogen-bond donors (Lipinski definition) is 2. The average Bonchev–Trinajstić information content (AvgIpc) is 2.89. The molecule has 0 radical (unpaired) electrons. The van der Waals surface area contributed by atoms with E-state index in [9.17, 15) is 14.4 Å². The Hall–Kier alpha value is -4.70. The highest BCUT2D eigenvalue weighted by atomic mass is 16.5. The molecule has 10 heteroatoms. The van der Waals surface area contributed by atoms with Crippen LogP contribution in [0.2, 0.25) is 0 Å². The maximum absolute atomic E-state index is 13.5. The van der Waals surface area contributed by atoms with Crippen molar-refractivity contribution in [2.45, 2.75) is 6.54 Å². The Labute approximate surface area is 206 Å². The van der Waals surface area contributed by atoms with Crippen LogP contribution in [0, 0.1) is 0 Å². The molecule has 4 rings (SSSR count). The first-order chi connectivity index (χ1) is 17.5. The van der Waals surface area contributed by atoms with Crippen molar-refractivity contribution in [3.8, 4) is 11.5 Å². The highest BCUT2D eigenvalue weighted by molar-refractivity contribution is 6.07. The zero-order valence-electron chi connectivity index (χ0n) is 19.6. The molecule has 0 aliphatic heterocycles. The maximum atomic E-state index is 13.5. The average molecular weight is 488 g/mol. The van der Waals surface area contributed by atoms with E-state index in [-0.39, 0.29) is 31.2 Å². The minimum Gasteiger partial charge on any atom is -0.456 e. The topological polar surface area (TPSA) is 133 Å². The number of rotatable bonds is 9. The predicted octanol–water partition coefficient (Wildman–Crippen LogP) is 2.65. The number of benzene rings is 2. The molecule has 2 aromatic carbocycles. The summed E-state index contributed by atoms with van der Waals surface area (Å²) in [6.07, 6.45) is 3.21. The van der Waals surface area contributed by atoms with Crippen LogP contribution >= 0.6 is 0 Å². The van der Waals surface area contributed by atoms with Crippen molar-refractivity contribution in [1.82, 2.24) is 14.5 Å². The normalized spacial score (nSPS) is 10.7. The van der Waals surface area contributed by atoms with Gasteiger partial charge in [-0.15, -0.1) is 0 Å². The minimum absolute atomic E-state index is 0.0418. The van der Waals surface area contributed by atoms with Crippen LogP contribution in [0.5, 0.6) is 11.5 Å². The van der Waals surface area contributed by atoms with Crippen molar-refractivity contribution >= 4 is 17.4 Å². The molecule has 0 fully saturated rings. The molecule has 4 aromatic rings. The van der Waals surface area contributed by atoms with Gasteiger partial charge in [0.2, 0.25) is 0 Å². The Balaban J connectivity index is 1.67. The van der Waals surface area contributed by atoms with Crippen molar-refractivity contribution in [2.75, 3.05) is 30.9 Å². The summed E-state index contributed by atoms with van der Waals surface area (Å²) >= 11 is 0. The Morgan fingerprint density at radius 2 is 1.78 bits per heavy atom. The number of methoxy groups -OCH3 is 1. The van der Waals surface area contributed by atoms with Crippen LogP contribution in [0.15, 0.2) is 88.7 Å². The van der Waals surface area contributed by atoms with Crippen molar-refractivity contribution in [3.05, 3.63) is 111 Å². The molecule has 184 valence electrons. The van der Waals surface area contributed by atoms with Crippen LogP contribution in [-0.2, 0) is 11.3 Å². The fourth-order valence-corrected chi connectivity index (χ4v) is 3.62. The summed E-state index contributed by atoms with van der Waals surface area (Å²) in [5.41, 5.74) is 5.87. The number of aromatic amines is 1. The second-order valence-electron chi connectivity index (χ2n) is 7.83. The smallest absolute Gasteiger partial charge is 0.330 e. The van der Waals surface area contributed by atoms with Gasteiger partial charge in [-0.1, -0.05) is 30.3 Å². The second kappa shape index (κ2) is 11.2. The maximum Gasteiger partial charge on any atom is 0.330 e. The number of carbonyl (C=O) groups is 1. The van der Waals surface area contributed by atoms with Gasteiger partial charge in [0.15, 0.2) is 5.69 Å². The summed E-state index contributed by atoms with van der Waals surface area (Å²) in [6.45, 7) is 0.312. The highest BCUT2D eigenvalue weighted by Crippen LogP contribution is 2.23. The van der Waals surface area contributed by atoms with Crippen LogP contribution in [0.3, 0.4) is 0 Å². The third-order valence-electron chi connectivity index (χ3n) is 5.40. The van der Waals surface area contributed by atoms with E-state index in [4.69, 9.17) is 15.2 Å². The van der Waals surface area contributed by atoms with Crippen molar-refractivity contribution in [3.63, 3.8) is 0 Å². The number of nitrogens with zero attached hydrogens (tertiary/aromatic N) is 3. The van der Waals surface area contributed by atoms with Gasteiger partial charge in [0.1, 0.15) is 17.3 Å². The second-order valence-corrected chi connectivity index (χ2v) is 7.83. The van der Waals surface area contributed by atoms with Gasteiger partial charge >= 0.3 is 5.69 Å². The van der Waals surface area contributed by atoms with Gasteiger partial charge in [-0.25, -0.2) is 4.79 Å². The van der Waals surface area contributed by atoms with Crippen molar-refractivity contribution in [1.29, 1.82) is 0 Å². The summed E-state index contributed by atoms with van der Waals surface area (Å²) in [5.74, 6) is 0.464. The molecule has 0 aliphatic rings. The number of hydrogen-bond acceptors (Lipinski definition) is 7. The van der Waals surface area contributed by atoms with E-state index in [1.807, 2.05) is 30.3 Å². The molecule has 3 N–H and O–H groups in total. The molecular formula is C26H25N5O5. The quantitative estimate of drug-likeness (QED) is 0.371. The number of nitrogens with one attached hydrogen (secondary N) is 1. The number of H-pyrrole nitrogens is 1. The van der Waals surface area contributed by atoms with Gasteiger partial charge in [0.25, 0.3) is 11.5 Å². The predicted molar refractivity (Wildman–Crippen MR) is 136 cm³/mol. The van der Waals surface area contributed by atoms with E-state index in [0.717, 1.165) is 5.56 Å². The van der Waals surface area contributed by atoms with E-state index in [1.165, 1.54) is 16.6 Å². The van der Waals surface area contributed by atoms with E-state index in [1.54, 1.807) is 48.8 Å². The van der Waals surface area contributed by atoms with Crippen LogP contribution in [0.1, 0.15) is 15.9 Å². The zero-order chi connectivity index (χ0) is 25.5. The summed E-state index contributed by atoms with van der Waals surface area (Å²) in [7, 11) is 1.48. The Bertz CT molecular complexity index is 1430. The number of nitrogens with two attached hydrogens (primary N) is 1. The van der Waals surface area contributed by atoms with Gasteiger partial charge in [0, 0.05) is 25.4 Å². The molecule has 0 atom stereocenters. The van der Waals surface area contributed by atoms with Crippen molar-refractivity contribution < 1.29 is 14.3 Å². The van der Waals surface area contributed by atoms with E-state index < -0.39 is 17.2 Å². The van der Waals surface area contributed by atoms with Crippen LogP contribution in [0.25, 0.3) is 0 Å². The number of carbonyl (C=O) groups excluding carboxylic acids is 1. The first kappa shape index (κ1) is 24.4. The molecule has 1 amide bonds. The first-order valence-electron chi connectivity index (χ1n) is 11.1. The van der Waals surface area contributed by atoms with E-state index >= 15 is 0 Å². The number of nitrogen functional groups attached to an aromatic ring is 1. The van der Waals surface area contributed by atoms with E-state index in [0.29, 0.717) is 17.1 Å². The number of pyridine rings is 1. The van der Waals surface area contributed by atoms with Crippen molar-refractivity contribution in [2.24, 2.45) is 0 Å². The van der Waals surface area contributed by atoms with Crippen LogP contribution in [-0.4, -0.2) is 40.7 Å². The largest absolute Gasteiger partial charge is 0.456 e. The van der Waals surface area contributed by atoms with Gasteiger partial charge in [0.05, 0.1) is 19.3 Å². The Morgan fingerprint density at radius 3 is 2.44 bits per heavy atom. The monoisotopic (exact) mass is 487 g/mol. The molecule has 0 bridgehead atoms. The molecule has 0 spiro atoms. The fourth-order valence-electron chi connectivity index (χ4n) is 3.62. The lowest BCUT2D eigenvalue weighted by Gasteiger charge is -2.24. The van der Waals surface area contributed by atoms with Gasteiger partial charge in [-0.05, 0) is 42.0 Å².